The highest BCUT2D eigenvalue weighted by molar-refractivity contribution is 6.02. The zero-order chi connectivity index (χ0) is 36.6. The molecule has 1 heterocycles. The zero-order valence-corrected chi connectivity index (χ0v) is 30.6. The minimum absolute atomic E-state index is 0.0727. The minimum Gasteiger partial charge on any atom is -0.508 e. The lowest BCUT2D eigenvalue weighted by Crippen LogP contribution is -2.69. The first-order valence-corrected chi connectivity index (χ1v) is 18.4. The van der Waals surface area contributed by atoms with Gasteiger partial charge in [0.25, 0.3) is 0 Å². The smallest absolute Gasteiger partial charge is 0.410 e. The fourth-order valence-corrected chi connectivity index (χ4v) is 8.00. The maximum atomic E-state index is 13.9. The number of unbranched alkanes of at least 4 members (excludes halogenated alkanes) is 2. The fourth-order valence-electron chi connectivity index (χ4n) is 8.00. The number of fused-ring (bicyclic) bond motifs is 2. The standard InChI is InChI=1S/C41H56N2O8/c1-6-22-49-41-36(43(5)39(47)48-27-40(2,3)4)25-34(42-50-26-28-14-8-7-9-15-28)32-23-29(16-10-12-20-44)31(17-11-13-21-45)37(38(32)41)33-24-30(46)18-19-35(33)51-41/h6-9,14-15,18-19,23-24,29,31,36-38,44-46H,1,10-13,16-17,20-22,25-27H2,2-5H3. The summed E-state index contributed by atoms with van der Waals surface area (Å²) in [5, 5.41) is 35.1. The predicted molar refractivity (Wildman–Crippen MR) is 196 cm³/mol. The van der Waals surface area contributed by atoms with E-state index in [9.17, 15) is 20.1 Å². The van der Waals surface area contributed by atoms with Crippen LogP contribution in [0.5, 0.6) is 11.5 Å². The molecule has 51 heavy (non-hydrogen) atoms. The number of nitrogens with zero attached hydrogens (tertiary/aromatic N) is 2. The Morgan fingerprint density at radius 2 is 1.80 bits per heavy atom. The van der Waals surface area contributed by atoms with Crippen LogP contribution in [0.25, 0.3) is 0 Å². The summed E-state index contributed by atoms with van der Waals surface area (Å²) in [5.41, 5.74) is 3.25. The number of rotatable bonds is 16. The Morgan fingerprint density at radius 3 is 2.49 bits per heavy atom. The third-order valence-electron chi connectivity index (χ3n) is 10.3. The number of allylic oxidation sites excluding steroid dienone is 1. The number of phenolic OH excluding ortho intramolecular Hbond substituents is 1. The highest BCUT2D eigenvalue weighted by Gasteiger charge is 2.65. The molecule has 10 heteroatoms. The van der Waals surface area contributed by atoms with Crippen molar-refractivity contribution in [3.8, 4) is 11.5 Å². The number of hydrogen-bond acceptors (Lipinski definition) is 9. The van der Waals surface area contributed by atoms with E-state index in [2.05, 4.69) is 12.7 Å². The fraction of sp³-hybridized carbons (Fsp3) is 0.561. The number of carbonyl (C=O) groups is 1. The molecular formula is C41H56N2O8. The Labute approximate surface area is 302 Å². The van der Waals surface area contributed by atoms with Crippen LogP contribution >= 0.6 is 0 Å². The van der Waals surface area contributed by atoms with Crippen molar-refractivity contribution in [2.45, 2.75) is 90.1 Å². The number of phenols is 1. The first-order valence-electron chi connectivity index (χ1n) is 18.4. The second-order valence-corrected chi connectivity index (χ2v) is 15.3. The van der Waals surface area contributed by atoms with E-state index in [1.807, 2.05) is 51.1 Å². The molecule has 10 nitrogen and oxygen atoms in total. The molecule has 0 aromatic heterocycles. The Bertz CT molecular complexity index is 1540. The SMILES string of the molecule is C=CCOC12Oc3ccc(O)cc3C3C(CCCCO)C(CCCCO)C=C(C(=NOCc4ccccc4)CC1N(C)C(=O)OCC(C)(C)C)C32. The van der Waals surface area contributed by atoms with Gasteiger partial charge in [0.2, 0.25) is 5.79 Å². The average Bonchev–Trinajstić information content (AvgIpc) is 3.11. The summed E-state index contributed by atoms with van der Waals surface area (Å²) in [4.78, 5) is 21.5. The van der Waals surface area contributed by atoms with Crippen molar-refractivity contribution >= 4 is 11.8 Å². The molecule has 2 aromatic rings. The van der Waals surface area contributed by atoms with E-state index < -0.39 is 23.8 Å². The van der Waals surface area contributed by atoms with Gasteiger partial charge in [0.1, 0.15) is 24.1 Å². The molecule has 3 N–H and O–H groups in total. The molecule has 0 radical (unpaired) electrons. The molecule has 3 aliphatic rings. The van der Waals surface area contributed by atoms with Crippen LogP contribution < -0.4 is 4.74 Å². The molecule has 0 bridgehead atoms. The van der Waals surface area contributed by atoms with E-state index in [4.69, 9.17) is 24.2 Å². The number of ether oxygens (including phenoxy) is 3. The van der Waals surface area contributed by atoms with Gasteiger partial charge in [-0.15, -0.1) is 6.58 Å². The molecule has 1 aliphatic heterocycles. The van der Waals surface area contributed by atoms with Gasteiger partial charge < -0.3 is 39.3 Å². The molecule has 0 saturated heterocycles. The number of likely N-dealkylation sites (N-methyl/N-ethyl adjacent to an activating group) is 1. The predicted octanol–water partition coefficient (Wildman–Crippen LogP) is 7.34. The molecule has 6 unspecified atom stereocenters. The van der Waals surface area contributed by atoms with Gasteiger partial charge in [-0.2, -0.15) is 0 Å². The molecular weight excluding hydrogens is 648 g/mol. The summed E-state index contributed by atoms with van der Waals surface area (Å²) in [6.45, 7) is 10.9. The van der Waals surface area contributed by atoms with Crippen molar-refractivity contribution < 1.29 is 39.2 Å². The van der Waals surface area contributed by atoms with Crippen molar-refractivity contribution in [2.75, 3.05) is 33.5 Å². The molecule has 2 aliphatic carbocycles. The van der Waals surface area contributed by atoms with Crippen molar-refractivity contribution in [3.63, 3.8) is 0 Å². The van der Waals surface area contributed by atoms with Crippen LogP contribution in [0.1, 0.15) is 82.8 Å². The number of oxime groups is 1. The van der Waals surface area contributed by atoms with Crippen molar-refractivity contribution in [1.82, 2.24) is 4.90 Å². The average molecular weight is 705 g/mol. The highest BCUT2D eigenvalue weighted by atomic mass is 16.7. The maximum Gasteiger partial charge on any atom is 0.410 e. The number of carbonyl (C=O) groups excluding carboxylic acids is 1. The first-order chi connectivity index (χ1) is 24.5. The third-order valence-corrected chi connectivity index (χ3v) is 10.3. The Kier molecular flexibility index (Phi) is 12.9. The number of hydrogen-bond donors (Lipinski definition) is 3. The third kappa shape index (κ3) is 8.79. The number of benzene rings is 2. The monoisotopic (exact) mass is 704 g/mol. The summed E-state index contributed by atoms with van der Waals surface area (Å²) in [6, 6.07) is 14.4. The molecule has 1 amide bonds. The van der Waals surface area contributed by atoms with Gasteiger partial charge in [-0.25, -0.2) is 4.79 Å². The lowest BCUT2D eigenvalue weighted by molar-refractivity contribution is -0.253. The normalized spacial score (nSPS) is 26.0. The van der Waals surface area contributed by atoms with Gasteiger partial charge in [0.05, 0.1) is 24.8 Å². The number of aliphatic hydroxyl groups is 2. The summed E-state index contributed by atoms with van der Waals surface area (Å²) in [6.07, 6.45) is 8.41. The Hall–Kier alpha value is -3.86. The second-order valence-electron chi connectivity index (χ2n) is 15.3. The summed E-state index contributed by atoms with van der Waals surface area (Å²) in [5.74, 6) is -1.13. The molecule has 0 spiro atoms. The van der Waals surface area contributed by atoms with E-state index in [0.29, 0.717) is 24.3 Å². The van der Waals surface area contributed by atoms with Crippen LogP contribution in [-0.2, 0) is 20.9 Å². The van der Waals surface area contributed by atoms with Crippen LogP contribution in [0.3, 0.4) is 0 Å². The molecule has 278 valence electrons. The van der Waals surface area contributed by atoms with E-state index in [1.54, 1.807) is 36.2 Å². The van der Waals surface area contributed by atoms with Gasteiger partial charge in [-0.3, -0.25) is 0 Å². The van der Waals surface area contributed by atoms with E-state index in [1.165, 1.54) is 0 Å². The van der Waals surface area contributed by atoms with Crippen LogP contribution in [0.4, 0.5) is 4.79 Å². The van der Waals surface area contributed by atoms with Crippen LogP contribution in [0.2, 0.25) is 0 Å². The second kappa shape index (κ2) is 17.1. The molecule has 1 saturated carbocycles. The summed E-state index contributed by atoms with van der Waals surface area (Å²) in [7, 11) is 1.72. The van der Waals surface area contributed by atoms with Crippen LogP contribution in [-0.4, -0.2) is 77.3 Å². The molecule has 2 aromatic carbocycles. The van der Waals surface area contributed by atoms with Crippen LogP contribution in [0.15, 0.2) is 78.0 Å². The maximum absolute atomic E-state index is 13.9. The topological polar surface area (TPSA) is 130 Å². The Balaban J connectivity index is 1.70. The van der Waals surface area contributed by atoms with Crippen molar-refractivity contribution in [1.29, 1.82) is 0 Å². The highest BCUT2D eigenvalue weighted by Crippen LogP contribution is 2.61. The van der Waals surface area contributed by atoms with E-state index in [-0.39, 0.29) is 68.4 Å². The quantitative estimate of drug-likeness (QED) is 0.0941. The van der Waals surface area contributed by atoms with Crippen molar-refractivity contribution in [3.05, 3.63) is 84.0 Å². The minimum atomic E-state index is -1.37. The van der Waals surface area contributed by atoms with Crippen LogP contribution in [0, 0.1) is 23.2 Å². The van der Waals surface area contributed by atoms with Gasteiger partial charge >= 0.3 is 6.09 Å². The number of aromatic hydroxyl groups is 1. The number of amides is 1. The zero-order valence-electron chi connectivity index (χ0n) is 30.6. The van der Waals surface area contributed by atoms with Gasteiger partial charge in [-0.05, 0) is 72.3 Å². The lowest BCUT2D eigenvalue weighted by Gasteiger charge is -2.59. The molecule has 5 rings (SSSR count). The number of aliphatic hydroxyl groups excluding tert-OH is 2. The summed E-state index contributed by atoms with van der Waals surface area (Å²) >= 11 is 0. The van der Waals surface area contributed by atoms with Crippen molar-refractivity contribution in [2.24, 2.45) is 28.3 Å². The first kappa shape index (κ1) is 38.4. The van der Waals surface area contributed by atoms with E-state index >= 15 is 0 Å². The molecule has 1 fully saturated rings. The molecule has 6 atom stereocenters. The Morgan fingerprint density at radius 1 is 1.08 bits per heavy atom. The van der Waals surface area contributed by atoms with Gasteiger partial charge in [-0.1, -0.05) is 81.3 Å². The lowest BCUT2D eigenvalue weighted by atomic mass is 9.55. The van der Waals surface area contributed by atoms with Gasteiger partial charge in [0.15, 0.2) is 0 Å². The largest absolute Gasteiger partial charge is 0.508 e. The van der Waals surface area contributed by atoms with E-state index in [0.717, 1.165) is 42.4 Å². The summed E-state index contributed by atoms with van der Waals surface area (Å²) < 4.78 is 19.7. The van der Waals surface area contributed by atoms with Gasteiger partial charge in [0, 0.05) is 38.2 Å².